The van der Waals surface area contributed by atoms with Crippen LogP contribution in [-0.4, -0.2) is 0 Å². The molecule has 37 heavy (non-hydrogen) atoms. The molecule has 2 heteroatoms. The van der Waals surface area contributed by atoms with Crippen molar-refractivity contribution in [3.8, 4) is 0 Å². The van der Waals surface area contributed by atoms with Gasteiger partial charge in [0.15, 0.2) is 0 Å². The van der Waals surface area contributed by atoms with Gasteiger partial charge in [-0.1, -0.05) is 79.4 Å². The lowest BCUT2D eigenvalue weighted by Gasteiger charge is -2.13. The van der Waals surface area contributed by atoms with Gasteiger partial charge < -0.3 is 0 Å². The number of rotatable bonds is 4. The van der Waals surface area contributed by atoms with Crippen molar-refractivity contribution in [3.63, 3.8) is 0 Å². The molecule has 0 fully saturated rings. The summed E-state index contributed by atoms with van der Waals surface area (Å²) in [5.74, 6) is 0. The lowest BCUT2D eigenvalue weighted by Crippen LogP contribution is -1.92. The standard InChI is InChI=1S/C35H26S2/c1-3-5-12-25-24(4-2)35-34(28-15-7-6-13-26(25)28)30-21-22(11-10-17-32(30)37-35)23-18-19-33-29(20-23)27-14-8-9-16-31(27)36-33/h3-10,13-21H,2,11-12H2,1H3/b5-3-. The van der Waals surface area contributed by atoms with Crippen molar-refractivity contribution in [2.75, 3.05) is 0 Å². The Bertz CT molecular complexity index is 1950. The van der Waals surface area contributed by atoms with Gasteiger partial charge >= 0.3 is 0 Å². The Balaban J connectivity index is 1.50. The van der Waals surface area contributed by atoms with Gasteiger partial charge in [-0.15, -0.1) is 22.7 Å². The number of fused-ring (bicyclic) bond motifs is 8. The average Bonchev–Trinajstić information content (AvgIpc) is 3.41. The van der Waals surface area contributed by atoms with Gasteiger partial charge in [-0.2, -0.15) is 0 Å². The van der Waals surface area contributed by atoms with Crippen LogP contribution in [0.3, 0.4) is 0 Å². The van der Waals surface area contributed by atoms with Gasteiger partial charge in [-0.25, -0.2) is 0 Å². The van der Waals surface area contributed by atoms with E-state index in [2.05, 4.69) is 117 Å². The van der Waals surface area contributed by atoms with E-state index >= 15 is 0 Å². The zero-order chi connectivity index (χ0) is 24.9. The molecule has 0 radical (unpaired) electrons. The number of allylic oxidation sites excluding steroid dienone is 4. The summed E-state index contributed by atoms with van der Waals surface area (Å²) in [5.41, 5.74) is 6.67. The third kappa shape index (κ3) is 3.55. The normalized spacial score (nSPS) is 13.6. The first kappa shape index (κ1) is 22.5. The molecular weight excluding hydrogens is 485 g/mol. The van der Waals surface area contributed by atoms with Crippen LogP contribution in [0.25, 0.3) is 64.8 Å². The van der Waals surface area contributed by atoms with Crippen molar-refractivity contribution in [1.29, 1.82) is 0 Å². The predicted molar refractivity (Wildman–Crippen MR) is 169 cm³/mol. The van der Waals surface area contributed by atoms with Crippen LogP contribution in [0.4, 0.5) is 0 Å². The molecule has 1 aliphatic carbocycles. The molecule has 2 heterocycles. The first-order valence-corrected chi connectivity index (χ1v) is 14.4. The number of hydrogen-bond acceptors (Lipinski definition) is 2. The maximum Gasteiger partial charge on any atom is 0.0436 e. The van der Waals surface area contributed by atoms with Crippen LogP contribution in [0.1, 0.15) is 40.5 Å². The zero-order valence-corrected chi connectivity index (χ0v) is 22.4. The monoisotopic (exact) mass is 510 g/mol. The predicted octanol–water partition coefficient (Wildman–Crippen LogP) is 11.1. The summed E-state index contributed by atoms with van der Waals surface area (Å²) in [5, 5.41) is 6.74. The Morgan fingerprint density at radius 2 is 1.65 bits per heavy atom. The van der Waals surface area contributed by atoms with Gasteiger partial charge in [0.1, 0.15) is 0 Å². The molecular formula is C35H26S2. The largest absolute Gasteiger partial charge is 0.135 e. The smallest absolute Gasteiger partial charge is 0.0436 e. The fourth-order valence-corrected chi connectivity index (χ4v) is 8.14. The molecule has 0 amide bonds. The minimum atomic E-state index is 0.919. The van der Waals surface area contributed by atoms with Crippen LogP contribution in [0.2, 0.25) is 0 Å². The van der Waals surface area contributed by atoms with E-state index in [1.807, 2.05) is 22.7 Å². The summed E-state index contributed by atoms with van der Waals surface area (Å²) in [7, 11) is 0. The number of thiophene rings is 2. The van der Waals surface area contributed by atoms with Crippen LogP contribution in [-0.2, 0) is 6.42 Å². The van der Waals surface area contributed by atoms with E-state index in [0.29, 0.717) is 0 Å². The molecule has 0 nitrogen and oxygen atoms in total. The van der Waals surface area contributed by atoms with Crippen LogP contribution in [0.5, 0.6) is 0 Å². The summed E-state index contributed by atoms with van der Waals surface area (Å²) in [6, 6.07) is 24.7. The highest BCUT2D eigenvalue weighted by Crippen LogP contribution is 2.45. The quantitative estimate of drug-likeness (QED) is 0.207. The minimum Gasteiger partial charge on any atom is -0.135 e. The molecule has 7 rings (SSSR count). The van der Waals surface area contributed by atoms with Crippen molar-refractivity contribution in [2.24, 2.45) is 0 Å². The van der Waals surface area contributed by atoms with Crippen molar-refractivity contribution in [1.82, 2.24) is 0 Å². The summed E-state index contributed by atoms with van der Waals surface area (Å²) in [4.78, 5) is 1.34. The van der Waals surface area contributed by atoms with Gasteiger partial charge in [0.05, 0.1) is 0 Å². The molecule has 4 aromatic carbocycles. The van der Waals surface area contributed by atoms with E-state index < -0.39 is 0 Å². The number of benzene rings is 4. The topological polar surface area (TPSA) is 0 Å². The maximum atomic E-state index is 4.24. The van der Waals surface area contributed by atoms with Gasteiger partial charge in [-0.3, -0.25) is 0 Å². The van der Waals surface area contributed by atoms with Crippen molar-refractivity contribution in [3.05, 3.63) is 119 Å². The van der Waals surface area contributed by atoms with Crippen molar-refractivity contribution in [2.45, 2.75) is 19.8 Å². The first-order chi connectivity index (χ1) is 18.3. The number of hydrogen-bond donors (Lipinski definition) is 0. The average molecular weight is 511 g/mol. The second kappa shape index (κ2) is 8.99. The Labute approximate surface area is 225 Å². The molecule has 0 aliphatic heterocycles. The highest BCUT2D eigenvalue weighted by atomic mass is 32.1. The first-order valence-electron chi connectivity index (χ1n) is 12.8. The van der Waals surface area contributed by atoms with E-state index in [4.69, 9.17) is 0 Å². The molecule has 178 valence electrons. The molecule has 6 aromatic rings. The molecule has 0 bridgehead atoms. The lowest BCUT2D eigenvalue weighted by molar-refractivity contribution is 1.29. The SMILES string of the molecule is C=Cc1c(C/C=C\C)c2ccccc2c2c3c(sc12)C=CCC(c1ccc2sc4ccccc4c2c1)=C3. The fourth-order valence-electron chi connectivity index (χ4n) is 5.76. The molecule has 0 N–H and O–H groups in total. The molecule has 0 unspecified atom stereocenters. The Kier molecular flexibility index (Phi) is 5.46. The summed E-state index contributed by atoms with van der Waals surface area (Å²) in [6.45, 7) is 6.33. The second-order valence-corrected chi connectivity index (χ2v) is 11.7. The highest BCUT2D eigenvalue weighted by molar-refractivity contribution is 7.25. The zero-order valence-electron chi connectivity index (χ0n) is 20.8. The Hall–Kier alpha value is -3.72. The van der Waals surface area contributed by atoms with Crippen molar-refractivity contribution < 1.29 is 0 Å². The van der Waals surface area contributed by atoms with E-state index in [1.165, 1.54) is 73.7 Å². The van der Waals surface area contributed by atoms with E-state index in [-0.39, 0.29) is 0 Å². The molecule has 0 spiro atoms. The van der Waals surface area contributed by atoms with Gasteiger partial charge in [0.25, 0.3) is 0 Å². The fraction of sp³-hybridized carbons (Fsp3) is 0.0857. The van der Waals surface area contributed by atoms with Crippen LogP contribution >= 0.6 is 22.7 Å². The second-order valence-electron chi connectivity index (χ2n) is 9.58. The molecule has 0 saturated heterocycles. The van der Waals surface area contributed by atoms with Crippen LogP contribution < -0.4 is 0 Å². The van der Waals surface area contributed by atoms with Crippen LogP contribution in [0.15, 0.2) is 91.5 Å². The third-order valence-electron chi connectivity index (χ3n) is 7.50. The summed E-state index contributed by atoms with van der Waals surface area (Å²) >= 11 is 3.78. The van der Waals surface area contributed by atoms with Crippen molar-refractivity contribution >= 4 is 87.5 Å². The Morgan fingerprint density at radius 1 is 0.865 bits per heavy atom. The van der Waals surface area contributed by atoms with Gasteiger partial charge in [0, 0.05) is 40.7 Å². The molecule has 1 aliphatic rings. The molecule has 0 atom stereocenters. The maximum absolute atomic E-state index is 4.24. The summed E-state index contributed by atoms with van der Waals surface area (Å²) in [6.07, 6.45) is 15.4. The summed E-state index contributed by atoms with van der Waals surface area (Å²) < 4.78 is 4.05. The van der Waals surface area contributed by atoms with E-state index in [1.54, 1.807) is 0 Å². The van der Waals surface area contributed by atoms with Crippen LogP contribution in [0, 0.1) is 0 Å². The third-order valence-corrected chi connectivity index (χ3v) is 9.86. The molecule has 0 saturated carbocycles. The van der Waals surface area contributed by atoms with Gasteiger partial charge in [0.2, 0.25) is 0 Å². The minimum absolute atomic E-state index is 0.919. The molecule has 2 aromatic heterocycles. The Morgan fingerprint density at radius 3 is 2.49 bits per heavy atom. The highest BCUT2D eigenvalue weighted by Gasteiger charge is 2.20. The van der Waals surface area contributed by atoms with E-state index in [0.717, 1.165) is 12.8 Å². The van der Waals surface area contributed by atoms with Gasteiger partial charge in [-0.05, 0) is 83.2 Å². The lowest BCUT2D eigenvalue weighted by atomic mass is 9.91. The van der Waals surface area contributed by atoms with E-state index in [9.17, 15) is 0 Å².